The maximum absolute atomic E-state index is 13.7. The SMILES string of the molecule is CN(C)c1nc(N)nc(C(C#N)=Cc2ccc(F)cc2F)n1. The zero-order valence-corrected chi connectivity index (χ0v) is 11.9. The fraction of sp³-hybridized carbons (Fsp3) is 0.143. The number of hydrogen-bond acceptors (Lipinski definition) is 6. The Morgan fingerprint density at radius 1 is 1.27 bits per heavy atom. The summed E-state index contributed by atoms with van der Waals surface area (Å²) in [4.78, 5) is 13.5. The second-order valence-corrected chi connectivity index (χ2v) is 4.55. The average Bonchev–Trinajstić information content (AvgIpc) is 2.45. The van der Waals surface area contributed by atoms with Crippen LogP contribution in [0.3, 0.4) is 0 Å². The lowest BCUT2D eigenvalue weighted by Gasteiger charge is -2.11. The van der Waals surface area contributed by atoms with Gasteiger partial charge in [-0.05, 0) is 18.2 Å². The Morgan fingerprint density at radius 2 is 2.00 bits per heavy atom. The van der Waals surface area contributed by atoms with E-state index in [1.807, 2.05) is 6.07 Å². The molecule has 0 saturated heterocycles. The molecule has 0 aliphatic carbocycles. The van der Waals surface area contributed by atoms with Crippen molar-refractivity contribution in [2.24, 2.45) is 0 Å². The molecule has 0 aliphatic rings. The molecule has 0 unspecified atom stereocenters. The van der Waals surface area contributed by atoms with Crippen LogP contribution in [0.2, 0.25) is 0 Å². The summed E-state index contributed by atoms with van der Waals surface area (Å²) in [6.07, 6.45) is 1.23. The number of allylic oxidation sites excluding steroid dienone is 1. The summed E-state index contributed by atoms with van der Waals surface area (Å²) < 4.78 is 26.6. The van der Waals surface area contributed by atoms with Gasteiger partial charge in [-0.1, -0.05) is 0 Å². The van der Waals surface area contributed by atoms with Gasteiger partial charge in [0, 0.05) is 25.7 Å². The van der Waals surface area contributed by atoms with Crippen LogP contribution in [0.25, 0.3) is 11.6 Å². The molecule has 6 nitrogen and oxygen atoms in total. The number of nitriles is 1. The predicted octanol–water partition coefficient (Wildman–Crippen LogP) is 1.86. The first-order chi connectivity index (χ1) is 10.4. The third-order valence-electron chi connectivity index (χ3n) is 2.66. The van der Waals surface area contributed by atoms with Gasteiger partial charge in [0.05, 0.1) is 5.57 Å². The standard InChI is InChI=1S/C14H12F2N6/c1-22(2)14-20-12(19-13(18)21-14)9(7-17)5-8-3-4-10(15)6-11(8)16/h3-6H,1-2H3,(H2,18,19,20,21). The first kappa shape index (κ1) is 15.3. The van der Waals surface area contributed by atoms with Crippen molar-refractivity contribution in [3.8, 4) is 6.07 Å². The summed E-state index contributed by atoms with van der Waals surface area (Å²) in [6, 6.07) is 4.92. The van der Waals surface area contributed by atoms with Crippen molar-refractivity contribution in [3.63, 3.8) is 0 Å². The van der Waals surface area contributed by atoms with Gasteiger partial charge in [0.2, 0.25) is 11.9 Å². The predicted molar refractivity (Wildman–Crippen MR) is 78.4 cm³/mol. The first-order valence-corrected chi connectivity index (χ1v) is 6.17. The topological polar surface area (TPSA) is 91.7 Å². The zero-order valence-electron chi connectivity index (χ0n) is 11.9. The smallest absolute Gasteiger partial charge is 0.230 e. The van der Waals surface area contributed by atoms with Crippen LogP contribution in [0.15, 0.2) is 18.2 Å². The van der Waals surface area contributed by atoms with Crippen molar-refractivity contribution >= 4 is 23.5 Å². The molecule has 2 rings (SSSR count). The molecule has 0 bridgehead atoms. The fourth-order valence-electron chi connectivity index (χ4n) is 1.62. The largest absolute Gasteiger partial charge is 0.368 e. The van der Waals surface area contributed by atoms with Crippen molar-refractivity contribution in [3.05, 3.63) is 41.2 Å². The summed E-state index contributed by atoms with van der Waals surface area (Å²) in [6.45, 7) is 0. The van der Waals surface area contributed by atoms with Crippen molar-refractivity contribution in [2.45, 2.75) is 0 Å². The average molecular weight is 302 g/mol. The quantitative estimate of drug-likeness (QED) is 0.870. The Kier molecular flexibility index (Phi) is 4.27. The minimum Gasteiger partial charge on any atom is -0.368 e. The van der Waals surface area contributed by atoms with Gasteiger partial charge in [0.25, 0.3) is 0 Å². The van der Waals surface area contributed by atoms with E-state index in [1.165, 1.54) is 12.1 Å². The maximum Gasteiger partial charge on any atom is 0.230 e. The summed E-state index contributed by atoms with van der Waals surface area (Å²) in [5.41, 5.74) is 5.62. The number of anilines is 2. The first-order valence-electron chi connectivity index (χ1n) is 6.17. The molecule has 112 valence electrons. The van der Waals surface area contributed by atoms with Crippen LogP contribution in [-0.2, 0) is 0 Å². The number of nitrogens with zero attached hydrogens (tertiary/aromatic N) is 5. The highest BCUT2D eigenvalue weighted by Gasteiger charge is 2.12. The number of rotatable bonds is 3. The van der Waals surface area contributed by atoms with E-state index < -0.39 is 11.6 Å². The molecule has 1 aromatic heterocycles. The van der Waals surface area contributed by atoms with Crippen LogP contribution in [0.1, 0.15) is 11.4 Å². The highest BCUT2D eigenvalue weighted by molar-refractivity contribution is 5.87. The van der Waals surface area contributed by atoms with Gasteiger partial charge in [-0.3, -0.25) is 0 Å². The molecule has 0 fully saturated rings. The van der Waals surface area contributed by atoms with Gasteiger partial charge < -0.3 is 10.6 Å². The molecule has 2 aromatic rings. The van der Waals surface area contributed by atoms with E-state index in [-0.39, 0.29) is 28.9 Å². The van der Waals surface area contributed by atoms with Gasteiger partial charge in [-0.15, -0.1) is 0 Å². The minimum absolute atomic E-state index is 0.0114. The molecule has 22 heavy (non-hydrogen) atoms. The van der Waals surface area contributed by atoms with Crippen molar-refractivity contribution in [1.82, 2.24) is 15.0 Å². The second kappa shape index (κ2) is 6.13. The zero-order chi connectivity index (χ0) is 16.3. The number of benzene rings is 1. The highest BCUT2D eigenvalue weighted by atomic mass is 19.1. The minimum atomic E-state index is -0.789. The Labute approximate surface area is 125 Å². The number of nitrogens with two attached hydrogens (primary N) is 1. The lowest BCUT2D eigenvalue weighted by molar-refractivity contribution is 0.581. The third-order valence-corrected chi connectivity index (χ3v) is 2.66. The molecule has 0 radical (unpaired) electrons. The fourth-order valence-corrected chi connectivity index (χ4v) is 1.62. The number of halogens is 2. The molecule has 8 heteroatoms. The van der Waals surface area contributed by atoms with Gasteiger partial charge in [0.15, 0.2) is 5.82 Å². The van der Waals surface area contributed by atoms with Gasteiger partial charge in [-0.25, -0.2) is 8.78 Å². The lowest BCUT2D eigenvalue weighted by atomic mass is 10.1. The Morgan fingerprint density at radius 3 is 2.59 bits per heavy atom. The van der Waals surface area contributed by atoms with E-state index in [4.69, 9.17) is 5.73 Å². The normalized spacial score (nSPS) is 11.1. The van der Waals surface area contributed by atoms with E-state index in [9.17, 15) is 14.0 Å². The molecule has 0 aliphatic heterocycles. The Bertz CT molecular complexity index is 779. The van der Waals surface area contributed by atoms with E-state index in [1.54, 1.807) is 19.0 Å². The van der Waals surface area contributed by atoms with Crippen LogP contribution in [0, 0.1) is 23.0 Å². The van der Waals surface area contributed by atoms with Crippen molar-refractivity contribution < 1.29 is 8.78 Å². The monoisotopic (exact) mass is 302 g/mol. The van der Waals surface area contributed by atoms with Crippen LogP contribution < -0.4 is 10.6 Å². The lowest BCUT2D eigenvalue weighted by Crippen LogP contribution is -2.15. The summed E-state index contributed by atoms with van der Waals surface area (Å²) in [7, 11) is 3.40. The van der Waals surface area contributed by atoms with Crippen LogP contribution in [0.4, 0.5) is 20.7 Å². The van der Waals surface area contributed by atoms with E-state index in [0.29, 0.717) is 0 Å². The van der Waals surface area contributed by atoms with E-state index in [0.717, 1.165) is 12.1 Å². The molecule has 0 amide bonds. The van der Waals surface area contributed by atoms with Crippen molar-refractivity contribution in [1.29, 1.82) is 5.26 Å². The molecular formula is C14H12F2N6. The molecule has 0 atom stereocenters. The highest BCUT2D eigenvalue weighted by Crippen LogP contribution is 2.19. The summed E-state index contributed by atoms with van der Waals surface area (Å²) >= 11 is 0. The van der Waals surface area contributed by atoms with E-state index >= 15 is 0 Å². The molecule has 0 spiro atoms. The second-order valence-electron chi connectivity index (χ2n) is 4.55. The van der Waals surface area contributed by atoms with E-state index in [2.05, 4.69) is 15.0 Å². The van der Waals surface area contributed by atoms with Gasteiger partial charge >= 0.3 is 0 Å². The van der Waals surface area contributed by atoms with Crippen LogP contribution >= 0.6 is 0 Å². The number of nitrogen functional groups attached to an aromatic ring is 1. The van der Waals surface area contributed by atoms with Gasteiger partial charge in [0.1, 0.15) is 17.7 Å². The van der Waals surface area contributed by atoms with Gasteiger partial charge in [-0.2, -0.15) is 20.2 Å². The van der Waals surface area contributed by atoms with Crippen molar-refractivity contribution in [2.75, 3.05) is 24.7 Å². The molecule has 0 saturated carbocycles. The molecule has 1 heterocycles. The summed E-state index contributed by atoms with van der Waals surface area (Å²) in [5.74, 6) is -1.27. The Hall–Kier alpha value is -3.08. The van der Waals surface area contributed by atoms with Crippen LogP contribution in [-0.4, -0.2) is 29.0 Å². The molecular weight excluding hydrogens is 290 g/mol. The maximum atomic E-state index is 13.7. The Balaban J connectivity index is 2.53. The summed E-state index contributed by atoms with van der Waals surface area (Å²) in [5, 5.41) is 9.24. The third kappa shape index (κ3) is 3.32. The van der Waals surface area contributed by atoms with Crippen LogP contribution in [0.5, 0.6) is 0 Å². The molecule has 1 aromatic carbocycles. The number of aromatic nitrogens is 3. The number of hydrogen-bond donors (Lipinski definition) is 1. The molecule has 2 N–H and O–H groups in total.